The predicted octanol–water partition coefficient (Wildman–Crippen LogP) is 10.4. The van der Waals surface area contributed by atoms with E-state index in [-0.39, 0.29) is 0 Å². The van der Waals surface area contributed by atoms with E-state index < -0.39 is 29.4 Å². The molecule has 1 aliphatic carbocycles. The van der Waals surface area contributed by atoms with E-state index in [1.54, 1.807) is 11.1 Å². The fourth-order valence-corrected chi connectivity index (χ4v) is 111. The molecule has 0 amide bonds. The van der Waals surface area contributed by atoms with Crippen molar-refractivity contribution in [2.75, 3.05) is 0 Å². The molecule has 0 nitrogen and oxygen atoms in total. The maximum Gasteiger partial charge on any atom is 0.0510 e. The summed E-state index contributed by atoms with van der Waals surface area (Å²) >= 11 is 0. The van der Waals surface area contributed by atoms with Crippen molar-refractivity contribution in [3.05, 3.63) is 108 Å². The number of fused-ring (bicyclic) bond motifs is 3. The fourth-order valence-electron chi connectivity index (χ4n) is 9.02. The first kappa shape index (κ1) is 27.3. The zero-order valence-corrected chi connectivity index (χ0v) is 28.8. The lowest BCUT2D eigenvalue weighted by molar-refractivity contribution is 1.16. The summed E-state index contributed by atoms with van der Waals surface area (Å²) in [6, 6.07) is 36.9. The molecule has 0 saturated carbocycles. The average Bonchev–Trinajstić information content (AvgIpc) is 3.16. The first-order valence-corrected chi connectivity index (χ1v) is 29.7. The van der Waals surface area contributed by atoms with E-state index in [9.17, 15) is 0 Å². The van der Waals surface area contributed by atoms with Gasteiger partial charge in [0.1, 0.15) is 0 Å². The molecule has 0 radical (unpaired) electrons. The minimum Gasteiger partial charge on any atom is -0.0718 e. The van der Waals surface area contributed by atoms with Crippen molar-refractivity contribution in [1.29, 1.82) is 0 Å². The Balaban J connectivity index is 1.87. The van der Waals surface area contributed by atoms with Crippen molar-refractivity contribution in [3.63, 3.8) is 0 Å². The first-order chi connectivity index (χ1) is 17.8. The van der Waals surface area contributed by atoms with E-state index in [0.717, 1.165) is 0 Å². The van der Waals surface area contributed by atoms with E-state index in [1.165, 1.54) is 33.4 Å². The third-order valence-corrected chi connectivity index (χ3v) is 82.2. The Labute approximate surface area is 234 Å². The van der Waals surface area contributed by atoms with Crippen molar-refractivity contribution in [2.45, 2.75) is 64.5 Å². The Morgan fingerprint density at radius 3 is 1.05 bits per heavy atom. The van der Waals surface area contributed by atoms with Gasteiger partial charge in [-0.05, 0) is 50.0 Å². The Bertz CT molecular complexity index is 1330. The van der Waals surface area contributed by atoms with Crippen LogP contribution < -0.4 is 0 Å². The Hall–Kier alpha value is -2.25. The molecule has 0 atom stereocenters. The monoisotopic (exact) mass is 564 g/mol. The summed E-state index contributed by atoms with van der Waals surface area (Å²) in [6.07, 6.45) is 0. The second-order valence-electron chi connectivity index (χ2n) is 14.3. The van der Waals surface area contributed by atoms with Crippen LogP contribution in [0.4, 0.5) is 0 Å². The van der Waals surface area contributed by atoms with E-state index in [1.807, 2.05) is 0 Å². The highest BCUT2D eigenvalue weighted by Gasteiger charge is 2.66. The minimum atomic E-state index is -1.80. The number of hydrogen-bond acceptors (Lipinski definition) is 0. The second-order valence-corrected chi connectivity index (χ2v) is 55.1. The van der Waals surface area contributed by atoms with Crippen molar-refractivity contribution in [3.8, 4) is 33.4 Å². The number of hydrogen-bond donors (Lipinski definition) is 0. The largest absolute Gasteiger partial charge is 0.0718 e. The summed E-state index contributed by atoms with van der Waals surface area (Å²) in [5.41, 5.74) is 12.3. The molecule has 0 aromatic heterocycles. The van der Waals surface area contributed by atoms with E-state index in [2.05, 4.69) is 156 Å². The van der Waals surface area contributed by atoms with Crippen LogP contribution in [0.1, 0.15) is 16.7 Å². The van der Waals surface area contributed by atoms with Crippen LogP contribution in [0.25, 0.3) is 33.4 Å². The SMILES string of the molecule is C[Si](C)(C)[Si](C1c2cc(-c3ccccc3)ccc2-c2ccc(-c3ccccc3)cc21)([Si](C)(C)C)[Si](C)(C)C. The van der Waals surface area contributed by atoms with Gasteiger partial charge in [-0.3, -0.25) is 0 Å². The van der Waals surface area contributed by atoms with Gasteiger partial charge in [0.25, 0.3) is 0 Å². The van der Waals surface area contributed by atoms with Crippen molar-refractivity contribution < 1.29 is 0 Å². The van der Waals surface area contributed by atoms with Crippen molar-refractivity contribution in [2.24, 2.45) is 0 Å². The lowest BCUT2D eigenvalue weighted by atomic mass is 9.98. The number of benzene rings is 4. The summed E-state index contributed by atoms with van der Waals surface area (Å²) in [4.78, 5) is 0. The molecule has 0 heterocycles. The lowest BCUT2D eigenvalue weighted by Gasteiger charge is -2.61. The highest BCUT2D eigenvalue weighted by molar-refractivity contribution is 7.89. The van der Waals surface area contributed by atoms with Crippen LogP contribution in [0.5, 0.6) is 0 Å². The Kier molecular flexibility index (Phi) is 6.79. The zero-order chi connectivity index (χ0) is 27.5. The van der Waals surface area contributed by atoms with Crippen LogP contribution in [0.3, 0.4) is 0 Å². The molecular formula is C34H44Si4. The van der Waals surface area contributed by atoms with Gasteiger partial charge in [-0.25, -0.2) is 0 Å². The van der Waals surface area contributed by atoms with Crippen LogP contribution in [0, 0.1) is 0 Å². The quantitative estimate of drug-likeness (QED) is 0.204. The summed E-state index contributed by atoms with van der Waals surface area (Å²) in [5.74, 6) is 0. The summed E-state index contributed by atoms with van der Waals surface area (Å²) < 4.78 is 0. The van der Waals surface area contributed by atoms with Gasteiger partial charge in [0.05, 0.1) is 6.63 Å². The molecule has 4 aromatic carbocycles. The van der Waals surface area contributed by atoms with Crippen molar-refractivity contribution >= 4 is 29.4 Å². The highest BCUT2D eigenvalue weighted by atomic mass is 29.9. The smallest absolute Gasteiger partial charge is 0.0510 e. The maximum absolute atomic E-state index is 2.75. The Morgan fingerprint density at radius 2 is 0.737 bits per heavy atom. The first-order valence-electron chi connectivity index (χ1n) is 14.2. The van der Waals surface area contributed by atoms with Crippen LogP contribution >= 0.6 is 0 Å². The molecule has 4 heteroatoms. The van der Waals surface area contributed by atoms with Gasteiger partial charge in [0.2, 0.25) is 0 Å². The van der Waals surface area contributed by atoms with Crippen molar-refractivity contribution in [1.82, 2.24) is 0 Å². The van der Waals surface area contributed by atoms with E-state index in [4.69, 9.17) is 0 Å². The second kappa shape index (κ2) is 9.44. The van der Waals surface area contributed by atoms with Crippen LogP contribution in [0.2, 0.25) is 58.9 Å². The van der Waals surface area contributed by atoms with Crippen LogP contribution in [0.15, 0.2) is 97.1 Å². The Morgan fingerprint density at radius 1 is 0.395 bits per heavy atom. The third-order valence-electron chi connectivity index (χ3n) is 9.21. The molecule has 5 rings (SSSR count). The molecule has 38 heavy (non-hydrogen) atoms. The molecule has 4 aromatic rings. The van der Waals surface area contributed by atoms with Crippen LogP contribution in [-0.4, -0.2) is 29.4 Å². The van der Waals surface area contributed by atoms with Gasteiger partial charge >= 0.3 is 0 Å². The van der Waals surface area contributed by atoms with Gasteiger partial charge < -0.3 is 0 Å². The molecule has 1 aliphatic rings. The average molecular weight is 565 g/mol. The van der Waals surface area contributed by atoms with Gasteiger partial charge in [0, 0.05) is 22.8 Å². The molecule has 0 unspecified atom stereocenters. The predicted molar refractivity (Wildman–Crippen MR) is 180 cm³/mol. The normalized spacial score (nSPS) is 14.3. The molecule has 0 aliphatic heterocycles. The lowest BCUT2D eigenvalue weighted by Crippen LogP contribution is -2.85. The van der Waals surface area contributed by atoms with Gasteiger partial charge in [0.15, 0.2) is 0 Å². The molecule has 0 fully saturated rings. The standard InChI is InChI=1S/C34H44Si4/c1-35(2,3)38(36(4,5)6,37(7,8)9)34-32-24-28(26-16-12-10-13-17-26)20-22-30(32)31-23-21-29(25-33(31)34)27-18-14-11-15-19-27/h10-25,34H,1-9H3. The summed E-state index contributed by atoms with van der Waals surface area (Å²) in [6.45, 7) is 22.9. The van der Waals surface area contributed by atoms with Crippen LogP contribution in [-0.2, 0) is 0 Å². The molecule has 196 valence electrons. The minimum absolute atomic E-state index is 0.588. The highest BCUT2D eigenvalue weighted by Crippen LogP contribution is 2.57. The topological polar surface area (TPSA) is 0 Å². The van der Waals surface area contributed by atoms with Gasteiger partial charge in [-0.1, -0.05) is 156 Å². The fraction of sp³-hybridized carbons (Fsp3) is 0.294. The third kappa shape index (κ3) is 4.21. The zero-order valence-electron chi connectivity index (χ0n) is 24.8. The van der Waals surface area contributed by atoms with Gasteiger partial charge in [-0.2, -0.15) is 0 Å². The molecule has 0 N–H and O–H groups in total. The van der Waals surface area contributed by atoms with E-state index >= 15 is 0 Å². The number of rotatable bonds is 6. The molecule has 0 bridgehead atoms. The van der Waals surface area contributed by atoms with E-state index in [0.29, 0.717) is 5.54 Å². The molecule has 0 saturated heterocycles. The summed E-state index contributed by atoms with van der Waals surface area (Å²) in [5, 5.41) is 0. The molecular weight excluding hydrogens is 521 g/mol. The molecule has 0 spiro atoms. The maximum atomic E-state index is 2.75. The summed E-state index contributed by atoms with van der Waals surface area (Å²) in [7, 11) is -4.62. The van der Waals surface area contributed by atoms with Gasteiger partial charge in [-0.15, -0.1) is 0 Å².